The summed E-state index contributed by atoms with van der Waals surface area (Å²) >= 11 is 0. The zero-order valence-corrected chi connectivity index (χ0v) is 36.1. The third-order valence-corrected chi connectivity index (χ3v) is 11.3. The van der Waals surface area contributed by atoms with E-state index >= 15 is 0 Å². The Kier molecular flexibility index (Phi) is 11.8. The van der Waals surface area contributed by atoms with Crippen molar-refractivity contribution in [1.82, 2.24) is 54.1 Å². The number of nitrogens with two attached hydrogens (primary N) is 2. The molecule has 5 heterocycles. The van der Waals surface area contributed by atoms with Gasteiger partial charge in [0.15, 0.2) is 61.1 Å². The normalized spacial score (nSPS) is 12.1. The molecule has 0 radical (unpaired) electrons. The molecule has 0 bridgehead atoms. The van der Waals surface area contributed by atoms with Crippen LogP contribution in [0.1, 0.15) is 42.5 Å². The van der Waals surface area contributed by atoms with Crippen LogP contribution in [0.4, 0.5) is 34.6 Å². The molecule has 0 fully saturated rings. The van der Waals surface area contributed by atoms with E-state index in [-0.39, 0.29) is 57.1 Å². The topological polar surface area (TPSA) is 441 Å². The number of carboxylic acid groups (broad SMARTS) is 3. The molecule has 0 aliphatic rings. The van der Waals surface area contributed by atoms with Crippen LogP contribution in [0.3, 0.4) is 0 Å². The van der Waals surface area contributed by atoms with Gasteiger partial charge in [-0.1, -0.05) is 0 Å². The molecule has 30 nitrogen and oxygen atoms in total. The number of azo groups is 2. The molecule has 0 unspecified atom stereocenters. The highest BCUT2D eigenvalue weighted by atomic mass is 32.2. The SMILES string of the molecule is Cc1nn(-c2nc(O)nc(-n3nc(C)c(N=Nc4c(S(C)(=O)=O)cnn4-c4cc(C(=O)O)cc(C(=O)O)c4)c3N)n2)c(N)c1N=Nc1c(S(C)(=O)=O)cnn1-c1cc(OCO)cc(C(=O)O)c1. The molecule has 2 aromatic carbocycles. The highest BCUT2D eigenvalue weighted by molar-refractivity contribution is 7.91. The van der Waals surface area contributed by atoms with Crippen molar-refractivity contribution in [2.75, 3.05) is 30.8 Å². The quantitative estimate of drug-likeness (QED) is 0.0571. The van der Waals surface area contributed by atoms with E-state index in [0.29, 0.717) is 0 Å². The maximum atomic E-state index is 12.8. The number of aromatic hydroxyl groups is 1. The van der Waals surface area contributed by atoms with E-state index in [9.17, 15) is 56.8 Å². The maximum Gasteiger partial charge on any atom is 0.335 e. The van der Waals surface area contributed by atoms with Crippen LogP contribution in [-0.4, -0.2) is 134 Å². The van der Waals surface area contributed by atoms with Crippen LogP contribution in [0.25, 0.3) is 23.3 Å². The Bertz CT molecular complexity index is 3470. The zero-order valence-electron chi connectivity index (χ0n) is 34.5. The van der Waals surface area contributed by atoms with Gasteiger partial charge in [-0.3, -0.25) is 0 Å². The fourth-order valence-electron chi connectivity index (χ4n) is 6.06. The number of aliphatic hydroxyl groups excluding tert-OH is 1. The second-order valence-electron chi connectivity index (χ2n) is 13.8. The first-order chi connectivity index (χ1) is 31.5. The van der Waals surface area contributed by atoms with Gasteiger partial charge in [0.05, 0.1) is 51.8 Å². The maximum absolute atomic E-state index is 12.8. The number of anilines is 2. The van der Waals surface area contributed by atoms with Gasteiger partial charge in [0.2, 0.25) is 0 Å². The molecule has 0 aliphatic heterocycles. The highest BCUT2D eigenvalue weighted by Gasteiger charge is 2.26. The Morgan fingerprint density at radius 1 is 0.627 bits per heavy atom. The Morgan fingerprint density at radius 2 is 1.03 bits per heavy atom. The van der Waals surface area contributed by atoms with E-state index in [2.05, 4.69) is 55.8 Å². The number of aliphatic hydroxyl groups is 1. The van der Waals surface area contributed by atoms with Crippen molar-refractivity contribution < 1.29 is 61.5 Å². The first-order valence-electron chi connectivity index (χ1n) is 18.3. The highest BCUT2D eigenvalue weighted by Crippen LogP contribution is 2.36. The van der Waals surface area contributed by atoms with Crippen molar-refractivity contribution in [3.63, 3.8) is 0 Å². The van der Waals surface area contributed by atoms with Crippen LogP contribution in [0.2, 0.25) is 0 Å². The molecular formula is C35H31N17O13S2. The number of hydrogen-bond acceptors (Lipinski definition) is 23. The van der Waals surface area contributed by atoms with Crippen molar-refractivity contribution in [3.05, 3.63) is 76.9 Å². The number of benzene rings is 2. The van der Waals surface area contributed by atoms with Crippen molar-refractivity contribution in [1.29, 1.82) is 0 Å². The number of ether oxygens (including phenoxy) is 1. The van der Waals surface area contributed by atoms with E-state index in [1.54, 1.807) is 0 Å². The summed E-state index contributed by atoms with van der Waals surface area (Å²) < 4.78 is 59.8. The molecule has 0 amide bonds. The third kappa shape index (κ3) is 9.04. The van der Waals surface area contributed by atoms with Crippen LogP contribution in [0.15, 0.2) is 79.0 Å². The molecule has 0 saturated carbocycles. The molecule has 0 spiro atoms. The molecule has 0 aliphatic carbocycles. The van der Waals surface area contributed by atoms with Crippen LogP contribution in [0, 0.1) is 13.8 Å². The standard InChI is InChI=1S/C35H31N17O13S2/c1-14-24(43-45-28-22(66(3,61)62)11-38-49(28)19-6-16(30(54)55)5-17(7-19)31(56)57)26(36)51(47-14)33-40-34(42-35(60)41-33)52-27(37)25(15(2)48-52)44-46-29-23(67(4,63)64)12-39-50(29)20-8-18(32(58)59)9-21(10-20)65-13-53/h5-12,53H,13,36-37H2,1-4H3,(H,54,55)(H,56,57)(H,58,59)(H,40,41,42,60). The number of carbonyl (C=O) groups is 3. The molecule has 32 heteroatoms. The average Bonchev–Trinajstić information content (AvgIpc) is 4.02. The Labute approximate surface area is 373 Å². The number of carboxylic acids is 3. The van der Waals surface area contributed by atoms with Gasteiger partial charge in [0, 0.05) is 18.6 Å². The molecular weight excluding hydrogens is 931 g/mol. The van der Waals surface area contributed by atoms with Gasteiger partial charge < -0.3 is 41.7 Å². The lowest BCUT2D eigenvalue weighted by Gasteiger charge is -2.09. The third-order valence-electron chi connectivity index (χ3n) is 9.09. The second-order valence-corrected chi connectivity index (χ2v) is 17.8. The van der Waals surface area contributed by atoms with Gasteiger partial charge in [-0.2, -0.15) is 44.7 Å². The summed E-state index contributed by atoms with van der Waals surface area (Å²) in [5.41, 5.74) is 11.2. The van der Waals surface area contributed by atoms with Crippen LogP contribution in [0.5, 0.6) is 11.8 Å². The Balaban J connectivity index is 1.26. The summed E-state index contributed by atoms with van der Waals surface area (Å²) in [6.45, 7) is 2.05. The van der Waals surface area contributed by atoms with Crippen LogP contribution < -0.4 is 16.2 Å². The lowest BCUT2D eigenvalue weighted by molar-refractivity contribution is 0.0681. The molecule has 5 aromatic heterocycles. The van der Waals surface area contributed by atoms with E-state index in [1.807, 2.05) is 0 Å². The molecule has 0 saturated heterocycles. The minimum absolute atomic E-state index is 0.0387. The summed E-state index contributed by atoms with van der Waals surface area (Å²) in [7, 11) is -8.13. The van der Waals surface area contributed by atoms with Gasteiger partial charge in [-0.05, 0) is 44.2 Å². The number of sulfone groups is 2. The fourth-order valence-corrected chi connectivity index (χ4v) is 7.45. The number of aromatic nitrogens is 11. The summed E-state index contributed by atoms with van der Waals surface area (Å²) in [6.07, 6.45) is 3.57. The van der Waals surface area contributed by atoms with Gasteiger partial charge >= 0.3 is 23.9 Å². The molecule has 9 N–H and O–H groups in total. The van der Waals surface area contributed by atoms with E-state index in [1.165, 1.54) is 19.9 Å². The van der Waals surface area contributed by atoms with E-state index < -0.39 is 94.8 Å². The number of rotatable bonds is 15. The molecule has 7 rings (SSSR count). The van der Waals surface area contributed by atoms with Gasteiger partial charge in [-0.15, -0.1) is 20.5 Å². The van der Waals surface area contributed by atoms with Crippen LogP contribution in [-0.2, 0) is 19.7 Å². The number of aromatic carboxylic acids is 3. The lowest BCUT2D eigenvalue weighted by Crippen LogP contribution is -2.13. The summed E-state index contributed by atoms with van der Waals surface area (Å²) in [5, 5.41) is 81.7. The largest absolute Gasteiger partial charge is 0.479 e. The Morgan fingerprint density at radius 3 is 1.42 bits per heavy atom. The second kappa shape index (κ2) is 17.2. The fraction of sp³-hybridized carbons (Fsp3) is 0.143. The van der Waals surface area contributed by atoms with E-state index in [4.69, 9.17) is 16.2 Å². The molecule has 67 heavy (non-hydrogen) atoms. The summed E-state index contributed by atoms with van der Waals surface area (Å²) in [4.78, 5) is 46.6. The first kappa shape index (κ1) is 46.0. The molecule has 0 atom stereocenters. The molecule has 7 aromatic rings. The summed E-state index contributed by atoms with van der Waals surface area (Å²) in [5.74, 6) is -6.83. The monoisotopic (exact) mass is 961 g/mol. The summed E-state index contributed by atoms with van der Waals surface area (Å²) in [6, 6.07) is 5.59. The lowest BCUT2D eigenvalue weighted by atomic mass is 10.1. The van der Waals surface area contributed by atoms with Crippen molar-refractivity contribution in [2.45, 2.75) is 23.6 Å². The smallest absolute Gasteiger partial charge is 0.335 e. The Hall–Kier alpha value is -9.04. The zero-order chi connectivity index (χ0) is 48.9. The van der Waals surface area contributed by atoms with Crippen LogP contribution >= 0.6 is 0 Å². The average molecular weight is 962 g/mol. The molecule has 346 valence electrons. The minimum Gasteiger partial charge on any atom is -0.479 e. The van der Waals surface area contributed by atoms with Crippen molar-refractivity contribution in [2.24, 2.45) is 20.5 Å². The van der Waals surface area contributed by atoms with Crippen molar-refractivity contribution in [3.8, 4) is 35.0 Å². The van der Waals surface area contributed by atoms with E-state index in [0.717, 1.165) is 74.0 Å². The predicted molar refractivity (Wildman–Crippen MR) is 224 cm³/mol. The minimum atomic E-state index is -4.09. The van der Waals surface area contributed by atoms with Gasteiger partial charge in [-0.25, -0.2) is 40.6 Å². The number of nitrogen functional groups attached to an aromatic ring is 2. The van der Waals surface area contributed by atoms with Gasteiger partial charge in [0.1, 0.15) is 15.5 Å². The number of nitrogens with zero attached hydrogens (tertiary/aromatic N) is 15. The number of hydrogen-bond donors (Lipinski definition) is 7. The number of aryl methyl sites for hydroxylation is 2. The van der Waals surface area contributed by atoms with Gasteiger partial charge in [0.25, 0.3) is 11.9 Å². The van der Waals surface area contributed by atoms with Crippen molar-refractivity contribution >= 4 is 72.2 Å². The predicted octanol–water partition coefficient (Wildman–Crippen LogP) is 2.16. The first-order valence-corrected chi connectivity index (χ1v) is 22.0.